The number of carbonyl (C=O) groups excluding carboxylic acids is 4. The van der Waals surface area contributed by atoms with Crippen LogP contribution in [0, 0.1) is 13.8 Å². The van der Waals surface area contributed by atoms with E-state index in [0.717, 1.165) is 11.1 Å². The second kappa shape index (κ2) is 24.4. The van der Waals surface area contributed by atoms with E-state index in [9.17, 15) is 54.0 Å². The monoisotopic (exact) mass is 1070 g/mol. The smallest absolute Gasteiger partial charge is 0.408 e. The number of hydrogen-bond acceptors (Lipinski definition) is 12. The maximum atomic E-state index is 14.8. The number of hydrogen-bond donors (Lipinski definition) is 9. The number of thiocarbonyl (C=S) groups is 1. The molecule has 20 heteroatoms. The van der Waals surface area contributed by atoms with Gasteiger partial charge in [0.2, 0.25) is 17.7 Å². The second-order valence-corrected chi connectivity index (χ2v) is 20.4. The lowest BCUT2D eigenvalue weighted by molar-refractivity contribution is -0.144. The molecule has 7 rings (SSSR count). The molecule has 3 unspecified atom stereocenters. The van der Waals surface area contributed by atoms with Crippen molar-refractivity contribution >= 4 is 69.7 Å². The van der Waals surface area contributed by atoms with E-state index in [0.29, 0.717) is 70.3 Å². The normalized spacial score (nSPS) is 13.9. The summed E-state index contributed by atoms with van der Waals surface area (Å²) < 4.78 is 11.5. The number of nitrogens with zero attached hydrogens (tertiary/aromatic N) is 1. The molecule has 2 heterocycles. The number of aromatic hydroxyl groups is 2. The number of benzene rings is 5. The molecule has 0 bridgehead atoms. The van der Waals surface area contributed by atoms with Gasteiger partial charge in [-0.05, 0) is 154 Å². The average molecular weight is 1070 g/mol. The number of nitrogens with one attached hydrogen (secondary N) is 5. The van der Waals surface area contributed by atoms with Gasteiger partial charge in [-0.1, -0.05) is 30.3 Å². The molecule has 0 radical (unpaired) electrons. The number of unbranched alkanes of at least 4 members (excludes halogenated alkanes) is 2. The van der Waals surface area contributed by atoms with Gasteiger partial charge in [0.1, 0.15) is 46.6 Å². The SMILES string of the molecule is Cc1cc(O)cc(C)c1CC(NC(=O)OC(C)(C)C)C(=O)N1Cc2ccccc2CC1C(=O)NC(CCC(=O)O)C(=O)NCCCCCNC(=S)Nc1ccc(-c2c3ccc(=O)cc-3oc3cc(O)ccc23)c(C(=O)O)c1. The highest BCUT2D eigenvalue weighted by atomic mass is 32.1. The number of phenols is 2. The summed E-state index contributed by atoms with van der Waals surface area (Å²) in [6.45, 7) is 9.23. The molecule has 1 aliphatic carbocycles. The van der Waals surface area contributed by atoms with E-state index in [-0.39, 0.29) is 71.3 Å². The minimum atomic E-state index is -1.27. The van der Waals surface area contributed by atoms with Crippen LogP contribution in [0.25, 0.3) is 33.4 Å². The predicted octanol–water partition coefficient (Wildman–Crippen LogP) is 7.30. The Morgan fingerprint density at radius 1 is 0.792 bits per heavy atom. The number of amides is 4. The lowest BCUT2D eigenvalue weighted by Crippen LogP contribution is -2.60. The van der Waals surface area contributed by atoms with Crippen molar-refractivity contribution in [3.05, 3.63) is 135 Å². The number of fused-ring (bicyclic) bond motifs is 3. The maximum Gasteiger partial charge on any atom is 0.408 e. The van der Waals surface area contributed by atoms with E-state index in [1.165, 1.54) is 35.2 Å². The molecular formula is C57H62N6O13S. The Hall–Kier alpha value is -8.52. The quantitative estimate of drug-likeness (QED) is 0.0218. The Morgan fingerprint density at radius 3 is 2.17 bits per heavy atom. The van der Waals surface area contributed by atoms with Gasteiger partial charge in [-0.15, -0.1) is 0 Å². The standard InChI is InChI=1S/C57H62N6O13S/c1-31-23-38(66)24-32(2)42(31)29-45(62-56(74)76-57(3,4)5)53(71)63-30-34-12-8-7-11-33(34)25-46(63)52(70)61-44(19-20-49(67)68)51(69)58-21-9-6-10-22-59-55(77)60-35-13-16-39(43(26-35)54(72)73)50-40-17-14-36(64)27-47(40)75-48-28-37(65)15-18-41(48)50/h7-8,11-18,23-24,26-28,44-46,64,66H,6,9-10,19-22,25,29-30H2,1-5H3,(H,58,69)(H,61,70)(H,62,74)(H,67,68)(H,72,73)(H2,59,60,77). The summed E-state index contributed by atoms with van der Waals surface area (Å²) in [6, 6.07) is 20.2. The van der Waals surface area contributed by atoms with Crippen molar-refractivity contribution in [1.82, 2.24) is 26.2 Å². The van der Waals surface area contributed by atoms with Crippen LogP contribution >= 0.6 is 12.2 Å². The lowest BCUT2D eigenvalue weighted by atomic mass is 9.90. The van der Waals surface area contributed by atoms with Crippen molar-refractivity contribution in [2.24, 2.45) is 0 Å². The van der Waals surface area contributed by atoms with E-state index in [4.69, 9.17) is 21.4 Å². The molecule has 4 amide bonds. The van der Waals surface area contributed by atoms with Crippen molar-refractivity contribution in [3.8, 4) is 33.9 Å². The first-order chi connectivity index (χ1) is 36.5. The molecule has 3 aliphatic rings. The molecule has 77 heavy (non-hydrogen) atoms. The number of carboxylic acids is 2. The molecule has 0 spiro atoms. The number of aliphatic carboxylic acids is 1. The molecule has 19 nitrogen and oxygen atoms in total. The molecule has 4 aromatic rings. The Labute approximate surface area is 449 Å². The van der Waals surface area contributed by atoms with Crippen LogP contribution in [0.5, 0.6) is 11.5 Å². The van der Waals surface area contributed by atoms with Crippen molar-refractivity contribution in [2.75, 3.05) is 18.4 Å². The predicted molar refractivity (Wildman–Crippen MR) is 292 cm³/mol. The molecule has 9 N–H and O–H groups in total. The number of aromatic carboxylic acids is 1. The minimum Gasteiger partial charge on any atom is -0.508 e. The summed E-state index contributed by atoms with van der Waals surface area (Å²) in [6.07, 6.45) is 0.297. The largest absolute Gasteiger partial charge is 0.508 e. The molecule has 0 saturated heterocycles. The Balaban J connectivity index is 0.961. The highest BCUT2D eigenvalue weighted by Crippen LogP contribution is 2.42. The van der Waals surface area contributed by atoms with Gasteiger partial charge in [0, 0.05) is 73.2 Å². The van der Waals surface area contributed by atoms with Crippen molar-refractivity contribution in [3.63, 3.8) is 0 Å². The minimum absolute atomic E-state index is 0.00118. The summed E-state index contributed by atoms with van der Waals surface area (Å²) in [7, 11) is 0. The van der Waals surface area contributed by atoms with E-state index in [1.54, 1.807) is 71.0 Å². The molecule has 0 saturated carbocycles. The van der Waals surface area contributed by atoms with Gasteiger partial charge in [0.25, 0.3) is 0 Å². The highest BCUT2D eigenvalue weighted by molar-refractivity contribution is 7.80. The van der Waals surface area contributed by atoms with Crippen LogP contribution in [-0.2, 0) is 43.3 Å². The zero-order chi connectivity index (χ0) is 55.7. The molecule has 3 atom stereocenters. The molecule has 2 aliphatic heterocycles. The Kier molecular flexibility index (Phi) is 17.8. The number of anilines is 1. The van der Waals surface area contributed by atoms with Crippen LogP contribution in [0.3, 0.4) is 0 Å². The first kappa shape index (κ1) is 56.2. The number of alkyl carbamates (subject to hydrolysis) is 1. The fourth-order valence-electron chi connectivity index (χ4n) is 9.45. The zero-order valence-corrected chi connectivity index (χ0v) is 44.1. The van der Waals surface area contributed by atoms with Crippen LogP contribution < -0.4 is 32.0 Å². The van der Waals surface area contributed by atoms with Crippen LogP contribution in [-0.4, -0.2) is 103 Å². The lowest BCUT2D eigenvalue weighted by Gasteiger charge is -2.38. The third-order valence-corrected chi connectivity index (χ3v) is 13.3. The van der Waals surface area contributed by atoms with Crippen LogP contribution in [0.4, 0.5) is 10.5 Å². The van der Waals surface area contributed by atoms with Gasteiger partial charge in [-0.25, -0.2) is 9.59 Å². The molecule has 0 fully saturated rings. The van der Waals surface area contributed by atoms with E-state index in [1.807, 2.05) is 24.3 Å². The van der Waals surface area contributed by atoms with Crippen LogP contribution in [0.1, 0.15) is 91.1 Å². The third-order valence-electron chi connectivity index (χ3n) is 13.1. The first-order valence-corrected chi connectivity index (χ1v) is 25.5. The highest BCUT2D eigenvalue weighted by Gasteiger charge is 2.40. The fraction of sp³-hybridized carbons (Fsp3) is 0.333. The van der Waals surface area contributed by atoms with Crippen molar-refractivity contribution < 1.29 is 58.3 Å². The van der Waals surface area contributed by atoms with Gasteiger partial charge in [0.15, 0.2) is 10.5 Å². The second-order valence-electron chi connectivity index (χ2n) is 20.0. The van der Waals surface area contributed by atoms with Gasteiger partial charge in [0.05, 0.1) is 5.56 Å². The number of carbonyl (C=O) groups is 6. The summed E-state index contributed by atoms with van der Waals surface area (Å²) >= 11 is 5.52. The van der Waals surface area contributed by atoms with Gasteiger partial charge in [-0.2, -0.15) is 0 Å². The molecular weight excluding hydrogens is 1010 g/mol. The topological polar surface area (TPSA) is 286 Å². The zero-order valence-electron chi connectivity index (χ0n) is 43.3. The molecule has 0 aromatic heterocycles. The third kappa shape index (κ3) is 14.5. The average Bonchev–Trinajstić information content (AvgIpc) is 3.38. The number of ether oxygens (including phenoxy) is 1. The van der Waals surface area contributed by atoms with E-state index < -0.39 is 65.9 Å². The molecule has 404 valence electrons. The number of rotatable bonds is 19. The Bertz CT molecular complexity index is 3250. The summed E-state index contributed by atoms with van der Waals surface area (Å²) in [5.74, 6) is -4.08. The summed E-state index contributed by atoms with van der Waals surface area (Å²) in [5.41, 5.74) is 4.40. The number of aryl methyl sites for hydroxylation is 2. The summed E-state index contributed by atoms with van der Waals surface area (Å²) in [5, 5.41) is 55.5. The summed E-state index contributed by atoms with van der Waals surface area (Å²) in [4.78, 5) is 94.2. The van der Waals surface area contributed by atoms with E-state index in [2.05, 4.69) is 26.6 Å². The van der Waals surface area contributed by atoms with Gasteiger partial charge < -0.3 is 61.1 Å². The molecule has 4 aromatic carbocycles. The van der Waals surface area contributed by atoms with Crippen molar-refractivity contribution in [2.45, 2.75) is 110 Å². The number of phenolic OH excluding ortho intramolecular Hbond substituents is 2. The van der Waals surface area contributed by atoms with Gasteiger partial charge >= 0.3 is 18.0 Å². The fourth-order valence-corrected chi connectivity index (χ4v) is 9.67. The number of carboxylic acid groups (broad SMARTS) is 2. The maximum absolute atomic E-state index is 14.8. The first-order valence-electron chi connectivity index (χ1n) is 25.1. The Morgan fingerprint density at radius 2 is 1.48 bits per heavy atom. The van der Waals surface area contributed by atoms with Crippen LogP contribution in [0.15, 0.2) is 100 Å². The van der Waals surface area contributed by atoms with Gasteiger partial charge in [-0.3, -0.25) is 24.0 Å². The van der Waals surface area contributed by atoms with Crippen molar-refractivity contribution in [1.29, 1.82) is 0 Å². The van der Waals surface area contributed by atoms with E-state index >= 15 is 0 Å². The van der Waals surface area contributed by atoms with Crippen LogP contribution in [0.2, 0.25) is 0 Å².